The van der Waals surface area contributed by atoms with Gasteiger partial charge in [-0.2, -0.15) is 5.10 Å². The molecular formula is C21H34N4O. The number of hydrogen-bond donors (Lipinski definition) is 0. The lowest BCUT2D eigenvalue weighted by Gasteiger charge is -2.33. The largest absolute Gasteiger partial charge is 0.302 e. The van der Waals surface area contributed by atoms with E-state index >= 15 is 0 Å². The van der Waals surface area contributed by atoms with E-state index in [-0.39, 0.29) is 5.56 Å². The van der Waals surface area contributed by atoms with Crippen molar-refractivity contribution >= 4 is 0 Å². The molecule has 0 aromatic carbocycles. The van der Waals surface area contributed by atoms with Gasteiger partial charge in [-0.05, 0) is 82.6 Å². The molecule has 5 heteroatoms. The number of hydrogen-bond acceptors (Lipinski definition) is 4. The predicted molar refractivity (Wildman–Crippen MR) is 105 cm³/mol. The van der Waals surface area contributed by atoms with Crippen LogP contribution in [0.1, 0.15) is 56.2 Å². The molecule has 0 saturated carbocycles. The number of rotatable bonds is 5. The Morgan fingerprint density at radius 2 is 1.58 bits per heavy atom. The molecule has 1 aromatic heterocycles. The molecule has 3 heterocycles. The molecule has 2 aliphatic heterocycles. The highest BCUT2D eigenvalue weighted by atomic mass is 16.1. The second-order valence-corrected chi connectivity index (χ2v) is 8.53. The van der Waals surface area contributed by atoms with Crippen molar-refractivity contribution in [2.24, 2.45) is 5.92 Å². The molecule has 0 radical (unpaired) electrons. The third-order valence-corrected chi connectivity index (χ3v) is 6.59. The van der Waals surface area contributed by atoms with Crippen LogP contribution in [0.3, 0.4) is 0 Å². The van der Waals surface area contributed by atoms with Gasteiger partial charge in [-0.25, -0.2) is 4.68 Å². The van der Waals surface area contributed by atoms with Crippen LogP contribution in [-0.2, 0) is 19.4 Å². The molecule has 4 rings (SSSR count). The van der Waals surface area contributed by atoms with Crippen LogP contribution in [0.5, 0.6) is 0 Å². The summed E-state index contributed by atoms with van der Waals surface area (Å²) in [5.41, 5.74) is 2.46. The maximum atomic E-state index is 12.3. The average molecular weight is 359 g/mol. The fourth-order valence-corrected chi connectivity index (χ4v) is 4.85. The smallest absolute Gasteiger partial charge is 0.267 e. The topological polar surface area (TPSA) is 41.4 Å². The van der Waals surface area contributed by atoms with Crippen molar-refractivity contribution in [1.29, 1.82) is 0 Å². The SMILES string of the molecule is O=c1cc2c(nn1CC1CCN(CCN3CCCCCC3)CC1)CCC2. The standard InChI is InChI=1S/C21H34N4O/c26-21-16-19-6-5-7-20(19)22-25(21)17-18-8-12-24(13-9-18)15-14-23-10-3-1-2-4-11-23/h16,18H,1-15,17H2. The Hall–Kier alpha value is -1.20. The number of nitrogens with zero attached hydrogens (tertiary/aromatic N) is 4. The Balaban J connectivity index is 1.23. The highest BCUT2D eigenvalue weighted by Gasteiger charge is 2.22. The van der Waals surface area contributed by atoms with Gasteiger partial charge >= 0.3 is 0 Å². The molecule has 0 atom stereocenters. The van der Waals surface area contributed by atoms with Crippen LogP contribution in [0, 0.1) is 5.92 Å². The zero-order valence-electron chi connectivity index (χ0n) is 16.2. The minimum absolute atomic E-state index is 0.106. The quantitative estimate of drug-likeness (QED) is 0.810. The van der Waals surface area contributed by atoms with E-state index in [4.69, 9.17) is 0 Å². The molecule has 1 aromatic rings. The van der Waals surface area contributed by atoms with E-state index in [1.807, 2.05) is 6.07 Å². The van der Waals surface area contributed by atoms with Gasteiger partial charge < -0.3 is 9.80 Å². The Kier molecular flexibility index (Phi) is 6.05. The maximum Gasteiger partial charge on any atom is 0.267 e. The number of likely N-dealkylation sites (tertiary alicyclic amines) is 2. The van der Waals surface area contributed by atoms with Gasteiger partial charge in [0.05, 0.1) is 5.69 Å². The first kappa shape index (κ1) is 18.2. The van der Waals surface area contributed by atoms with Crippen molar-refractivity contribution in [3.63, 3.8) is 0 Å². The van der Waals surface area contributed by atoms with Crippen molar-refractivity contribution in [1.82, 2.24) is 19.6 Å². The molecule has 2 fully saturated rings. The summed E-state index contributed by atoms with van der Waals surface area (Å²) in [5, 5.41) is 4.66. The predicted octanol–water partition coefficient (Wildman–Crippen LogP) is 2.32. The van der Waals surface area contributed by atoms with Gasteiger partial charge in [-0.1, -0.05) is 12.8 Å². The Bertz CT molecular complexity index is 640. The van der Waals surface area contributed by atoms with Crippen molar-refractivity contribution in [2.45, 2.75) is 64.3 Å². The lowest BCUT2D eigenvalue weighted by atomic mass is 9.97. The zero-order chi connectivity index (χ0) is 17.8. The summed E-state index contributed by atoms with van der Waals surface area (Å²) < 4.78 is 1.75. The average Bonchev–Trinajstić information content (AvgIpc) is 2.94. The van der Waals surface area contributed by atoms with Gasteiger partial charge in [0.25, 0.3) is 5.56 Å². The van der Waals surface area contributed by atoms with Gasteiger partial charge in [0, 0.05) is 25.7 Å². The first-order chi connectivity index (χ1) is 12.8. The summed E-state index contributed by atoms with van der Waals surface area (Å²) in [6, 6.07) is 1.84. The minimum atomic E-state index is 0.106. The molecule has 0 amide bonds. The lowest BCUT2D eigenvalue weighted by Crippen LogP contribution is -2.41. The van der Waals surface area contributed by atoms with Crippen molar-refractivity contribution in [2.75, 3.05) is 39.3 Å². The normalized spacial score (nSPS) is 23.1. The van der Waals surface area contributed by atoms with Crippen molar-refractivity contribution in [3.05, 3.63) is 27.7 Å². The van der Waals surface area contributed by atoms with Gasteiger partial charge in [-0.15, -0.1) is 0 Å². The van der Waals surface area contributed by atoms with Gasteiger partial charge in [-0.3, -0.25) is 4.79 Å². The monoisotopic (exact) mass is 358 g/mol. The van der Waals surface area contributed by atoms with Crippen LogP contribution < -0.4 is 5.56 Å². The van der Waals surface area contributed by atoms with Gasteiger partial charge in [0.15, 0.2) is 0 Å². The Labute approximate surface area is 157 Å². The summed E-state index contributed by atoms with van der Waals surface area (Å²) in [6.07, 6.45) is 11.2. The lowest BCUT2D eigenvalue weighted by molar-refractivity contribution is 0.147. The third-order valence-electron chi connectivity index (χ3n) is 6.59. The van der Waals surface area contributed by atoms with E-state index in [9.17, 15) is 4.79 Å². The van der Waals surface area contributed by atoms with Crippen LogP contribution in [0.15, 0.2) is 10.9 Å². The minimum Gasteiger partial charge on any atom is -0.302 e. The second kappa shape index (κ2) is 8.66. The summed E-state index contributed by atoms with van der Waals surface area (Å²) in [7, 11) is 0. The van der Waals surface area contributed by atoms with Crippen molar-refractivity contribution in [3.8, 4) is 0 Å². The fraction of sp³-hybridized carbons (Fsp3) is 0.810. The molecule has 0 spiro atoms. The highest BCUT2D eigenvalue weighted by Crippen LogP contribution is 2.20. The van der Waals surface area contributed by atoms with Crippen LogP contribution >= 0.6 is 0 Å². The van der Waals surface area contributed by atoms with Gasteiger partial charge in [0.1, 0.15) is 0 Å². The Morgan fingerprint density at radius 3 is 2.31 bits per heavy atom. The molecule has 0 unspecified atom stereocenters. The van der Waals surface area contributed by atoms with Crippen LogP contribution in [0.4, 0.5) is 0 Å². The summed E-state index contributed by atoms with van der Waals surface area (Å²) in [6.45, 7) is 8.20. The first-order valence-electron chi connectivity index (χ1n) is 10.8. The van der Waals surface area contributed by atoms with E-state index in [0.29, 0.717) is 5.92 Å². The van der Waals surface area contributed by atoms with Crippen LogP contribution in [-0.4, -0.2) is 58.8 Å². The molecular weight excluding hydrogens is 324 g/mol. The van der Waals surface area contributed by atoms with Crippen LogP contribution in [0.25, 0.3) is 0 Å². The molecule has 0 bridgehead atoms. The first-order valence-corrected chi connectivity index (χ1v) is 10.8. The highest BCUT2D eigenvalue weighted by molar-refractivity contribution is 5.22. The fourth-order valence-electron chi connectivity index (χ4n) is 4.85. The van der Waals surface area contributed by atoms with Crippen molar-refractivity contribution < 1.29 is 0 Å². The van der Waals surface area contributed by atoms with Crippen LogP contribution in [0.2, 0.25) is 0 Å². The molecule has 0 N–H and O–H groups in total. The van der Waals surface area contributed by atoms with E-state index in [1.54, 1.807) is 4.68 Å². The summed E-state index contributed by atoms with van der Waals surface area (Å²) in [5.74, 6) is 0.606. The molecule has 5 nitrogen and oxygen atoms in total. The van der Waals surface area contributed by atoms with Gasteiger partial charge in [0.2, 0.25) is 0 Å². The summed E-state index contributed by atoms with van der Waals surface area (Å²) >= 11 is 0. The maximum absolute atomic E-state index is 12.3. The molecule has 1 aliphatic carbocycles. The Morgan fingerprint density at radius 1 is 0.885 bits per heavy atom. The molecule has 26 heavy (non-hydrogen) atoms. The molecule has 3 aliphatic rings. The molecule has 2 saturated heterocycles. The number of fused-ring (bicyclic) bond motifs is 1. The second-order valence-electron chi connectivity index (χ2n) is 8.53. The summed E-state index contributed by atoms with van der Waals surface area (Å²) in [4.78, 5) is 17.6. The van der Waals surface area contributed by atoms with E-state index in [1.165, 1.54) is 89.1 Å². The third kappa shape index (κ3) is 4.55. The number of piperidine rings is 1. The molecule has 144 valence electrons. The zero-order valence-corrected chi connectivity index (χ0v) is 16.2. The van der Waals surface area contributed by atoms with E-state index in [0.717, 1.165) is 25.8 Å². The van der Waals surface area contributed by atoms with E-state index < -0.39 is 0 Å². The number of aryl methyl sites for hydroxylation is 2. The van der Waals surface area contributed by atoms with E-state index in [2.05, 4.69) is 14.9 Å². The number of aromatic nitrogens is 2.